The molecule has 1 aliphatic heterocycles. The van der Waals surface area contributed by atoms with E-state index in [1.807, 2.05) is 35.2 Å². The summed E-state index contributed by atoms with van der Waals surface area (Å²) in [4.78, 5) is 2.04. The molecule has 2 N–H and O–H groups in total. The Balaban J connectivity index is 2.08. The van der Waals surface area contributed by atoms with Gasteiger partial charge in [-0.25, -0.2) is 0 Å². The molecular weight excluding hydrogens is 202 g/mol. The van der Waals surface area contributed by atoms with Crippen LogP contribution in [0, 0.1) is 0 Å². The topological polar surface area (TPSA) is 43.7 Å². The molecule has 3 atom stereocenters. The van der Waals surface area contributed by atoms with Gasteiger partial charge in [0.25, 0.3) is 0 Å². The molecule has 1 saturated heterocycles. The van der Waals surface area contributed by atoms with Gasteiger partial charge in [0, 0.05) is 13.1 Å². The van der Waals surface area contributed by atoms with E-state index in [1.54, 1.807) is 6.08 Å². The van der Waals surface area contributed by atoms with E-state index in [1.165, 1.54) is 5.56 Å². The number of rotatable bonds is 3. The van der Waals surface area contributed by atoms with Gasteiger partial charge in [-0.15, -0.1) is 6.58 Å². The third kappa shape index (κ3) is 2.16. The molecule has 1 aliphatic rings. The Bertz CT molecular complexity index is 352. The molecule has 0 aromatic heterocycles. The maximum atomic E-state index is 9.74. The number of benzene rings is 1. The number of likely N-dealkylation sites (tertiary alicyclic amines) is 1. The van der Waals surface area contributed by atoms with Crippen LogP contribution in [0.25, 0.3) is 0 Å². The van der Waals surface area contributed by atoms with Crippen molar-refractivity contribution in [3.63, 3.8) is 0 Å². The van der Waals surface area contributed by atoms with Gasteiger partial charge in [0.2, 0.25) is 0 Å². The molecule has 0 spiro atoms. The molecule has 2 rings (SSSR count). The fraction of sp³-hybridized carbons (Fsp3) is 0.385. The summed E-state index contributed by atoms with van der Waals surface area (Å²) in [5.41, 5.74) is 1.18. The summed E-state index contributed by atoms with van der Waals surface area (Å²) in [7, 11) is 0. The monoisotopic (exact) mass is 219 g/mol. The second-order valence-electron chi connectivity index (χ2n) is 4.20. The first-order valence-corrected chi connectivity index (χ1v) is 5.49. The average Bonchev–Trinajstić information content (AvgIpc) is 2.56. The van der Waals surface area contributed by atoms with Crippen molar-refractivity contribution in [3.05, 3.63) is 48.6 Å². The summed E-state index contributed by atoms with van der Waals surface area (Å²) in [5.74, 6) is 0. The third-order valence-electron chi connectivity index (χ3n) is 3.06. The zero-order chi connectivity index (χ0) is 11.5. The Kier molecular flexibility index (Phi) is 3.39. The Morgan fingerprint density at radius 3 is 2.62 bits per heavy atom. The van der Waals surface area contributed by atoms with E-state index in [9.17, 15) is 10.2 Å². The highest BCUT2D eigenvalue weighted by Crippen LogP contribution is 2.21. The van der Waals surface area contributed by atoms with Gasteiger partial charge in [0.1, 0.15) is 6.10 Å². The van der Waals surface area contributed by atoms with Crippen LogP contribution in [-0.2, 0) is 6.54 Å². The molecule has 0 bridgehead atoms. The van der Waals surface area contributed by atoms with Gasteiger partial charge >= 0.3 is 0 Å². The van der Waals surface area contributed by atoms with Crippen molar-refractivity contribution in [1.29, 1.82) is 0 Å². The lowest BCUT2D eigenvalue weighted by atomic mass is 10.1. The van der Waals surface area contributed by atoms with E-state index in [0.29, 0.717) is 6.54 Å². The van der Waals surface area contributed by atoms with Crippen molar-refractivity contribution < 1.29 is 10.2 Å². The lowest BCUT2D eigenvalue weighted by Gasteiger charge is -2.22. The Morgan fingerprint density at radius 2 is 2.00 bits per heavy atom. The third-order valence-corrected chi connectivity index (χ3v) is 3.06. The predicted octanol–water partition coefficient (Wildman–Crippen LogP) is 0.779. The van der Waals surface area contributed by atoms with Gasteiger partial charge in [-0.3, -0.25) is 4.90 Å². The van der Waals surface area contributed by atoms with Crippen LogP contribution in [0.1, 0.15) is 5.56 Å². The minimum absolute atomic E-state index is 0.157. The van der Waals surface area contributed by atoms with Crippen molar-refractivity contribution in [1.82, 2.24) is 4.90 Å². The van der Waals surface area contributed by atoms with E-state index >= 15 is 0 Å². The second-order valence-corrected chi connectivity index (χ2v) is 4.20. The van der Waals surface area contributed by atoms with E-state index in [2.05, 4.69) is 6.58 Å². The van der Waals surface area contributed by atoms with Gasteiger partial charge < -0.3 is 10.2 Å². The van der Waals surface area contributed by atoms with E-state index in [0.717, 1.165) is 6.54 Å². The largest absolute Gasteiger partial charge is 0.389 e. The normalized spacial score (nSPS) is 30.5. The first kappa shape index (κ1) is 11.3. The number of aliphatic hydroxyl groups excluding tert-OH is 2. The highest BCUT2D eigenvalue weighted by molar-refractivity contribution is 5.16. The minimum Gasteiger partial charge on any atom is -0.389 e. The zero-order valence-corrected chi connectivity index (χ0v) is 9.16. The van der Waals surface area contributed by atoms with Crippen molar-refractivity contribution in [2.45, 2.75) is 24.8 Å². The fourth-order valence-electron chi connectivity index (χ4n) is 2.19. The van der Waals surface area contributed by atoms with Gasteiger partial charge in [0.05, 0.1) is 12.1 Å². The summed E-state index contributed by atoms with van der Waals surface area (Å²) in [6.45, 7) is 4.93. The highest BCUT2D eigenvalue weighted by Gasteiger charge is 2.37. The SMILES string of the molecule is C=C[C@@H]1[C@H](O)[C@@H](O)CN1Cc1ccccc1. The molecule has 86 valence electrons. The Morgan fingerprint density at radius 1 is 1.31 bits per heavy atom. The van der Waals surface area contributed by atoms with Crippen molar-refractivity contribution in [3.8, 4) is 0 Å². The van der Waals surface area contributed by atoms with Crippen molar-refractivity contribution >= 4 is 0 Å². The average molecular weight is 219 g/mol. The van der Waals surface area contributed by atoms with Crippen LogP contribution in [-0.4, -0.2) is 39.9 Å². The highest BCUT2D eigenvalue weighted by atomic mass is 16.3. The number of hydrogen-bond donors (Lipinski definition) is 2. The maximum absolute atomic E-state index is 9.74. The van der Waals surface area contributed by atoms with Crippen LogP contribution >= 0.6 is 0 Å². The lowest BCUT2D eigenvalue weighted by Crippen LogP contribution is -2.33. The summed E-state index contributed by atoms with van der Waals surface area (Å²) in [6.07, 6.45) is 0.303. The van der Waals surface area contributed by atoms with Crippen molar-refractivity contribution in [2.24, 2.45) is 0 Å². The van der Waals surface area contributed by atoms with Crippen LogP contribution in [0.15, 0.2) is 43.0 Å². The van der Waals surface area contributed by atoms with Crippen LogP contribution in [0.5, 0.6) is 0 Å². The molecule has 0 saturated carbocycles. The molecule has 0 amide bonds. The number of hydrogen-bond acceptors (Lipinski definition) is 3. The number of β-amino-alcohol motifs (C(OH)–C–C–N with tert-alkyl or cyclic N) is 1. The molecule has 16 heavy (non-hydrogen) atoms. The number of aliphatic hydroxyl groups is 2. The minimum atomic E-state index is -0.721. The van der Waals surface area contributed by atoms with Crippen LogP contribution in [0.2, 0.25) is 0 Å². The van der Waals surface area contributed by atoms with Gasteiger partial charge in [0.15, 0.2) is 0 Å². The molecule has 1 aromatic rings. The first-order valence-electron chi connectivity index (χ1n) is 5.49. The molecule has 0 unspecified atom stereocenters. The summed E-state index contributed by atoms with van der Waals surface area (Å²) in [6, 6.07) is 9.87. The van der Waals surface area contributed by atoms with E-state index in [4.69, 9.17) is 0 Å². The van der Waals surface area contributed by atoms with Gasteiger partial charge in [-0.1, -0.05) is 36.4 Å². The molecule has 0 aliphatic carbocycles. The maximum Gasteiger partial charge on any atom is 0.100 e. The molecule has 1 aromatic carbocycles. The summed E-state index contributed by atoms with van der Waals surface area (Å²) in [5, 5.41) is 19.4. The summed E-state index contributed by atoms with van der Waals surface area (Å²) >= 11 is 0. The molecule has 1 heterocycles. The standard InChI is InChI=1S/C13H17NO2/c1-2-11-13(16)12(15)9-14(11)8-10-6-4-3-5-7-10/h2-7,11-13,15-16H,1,8-9H2/t11-,12+,13+/m1/s1. The Labute approximate surface area is 95.6 Å². The second kappa shape index (κ2) is 4.78. The van der Waals surface area contributed by atoms with E-state index < -0.39 is 12.2 Å². The first-order chi connectivity index (χ1) is 7.72. The van der Waals surface area contributed by atoms with Crippen LogP contribution in [0.3, 0.4) is 0 Å². The van der Waals surface area contributed by atoms with Crippen LogP contribution < -0.4 is 0 Å². The molecule has 3 nitrogen and oxygen atoms in total. The molecule has 3 heteroatoms. The fourth-order valence-corrected chi connectivity index (χ4v) is 2.19. The molecule has 1 fully saturated rings. The smallest absolute Gasteiger partial charge is 0.100 e. The van der Waals surface area contributed by atoms with Gasteiger partial charge in [-0.05, 0) is 5.56 Å². The lowest BCUT2D eigenvalue weighted by molar-refractivity contribution is 0.0465. The van der Waals surface area contributed by atoms with E-state index in [-0.39, 0.29) is 6.04 Å². The number of nitrogens with zero attached hydrogens (tertiary/aromatic N) is 1. The quantitative estimate of drug-likeness (QED) is 0.738. The predicted molar refractivity (Wildman–Crippen MR) is 62.9 cm³/mol. The van der Waals surface area contributed by atoms with Crippen LogP contribution in [0.4, 0.5) is 0 Å². The van der Waals surface area contributed by atoms with Crippen molar-refractivity contribution in [2.75, 3.05) is 6.54 Å². The molecule has 0 radical (unpaired) electrons. The van der Waals surface area contributed by atoms with Gasteiger partial charge in [-0.2, -0.15) is 0 Å². The Hall–Kier alpha value is -1.16. The zero-order valence-electron chi connectivity index (χ0n) is 9.16. The molecular formula is C13H17NO2. The summed E-state index contributed by atoms with van der Waals surface area (Å²) < 4.78 is 0.